The molecule has 0 bridgehead atoms. The second-order valence-corrected chi connectivity index (χ2v) is 4.14. The van der Waals surface area contributed by atoms with Gasteiger partial charge in [-0.1, -0.05) is 0 Å². The molecular formula is C9H20ClN3O. The van der Waals surface area contributed by atoms with E-state index in [1.807, 2.05) is 0 Å². The Labute approximate surface area is 91.5 Å². The van der Waals surface area contributed by atoms with Crippen molar-refractivity contribution in [2.45, 2.75) is 25.1 Å². The second-order valence-electron chi connectivity index (χ2n) is 4.14. The van der Waals surface area contributed by atoms with Gasteiger partial charge in [-0.15, -0.1) is 12.4 Å². The first kappa shape index (κ1) is 12.2. The van der Waals surface area contributed by atoms with E-state index in [-0.39, 0.29) is 18.5 Å². The van der Waals surface area contributed by atoms with Gasteiger partial charge in [0, 0.05) is 44.8 Å². The molecule has 2 fully saturated rings. The summed E-state index contributed by atoms with van der Waals surface area (Å²) in [7, 11) is 0. The van der Waals surface area contributed by atoms with E-state index >= 15 is 0 Å². The Kier molecular flexibility index (Phi) is 4.60. The summed E-state index contributed by atoms with van der Waals surface area (Å²) in [5.41, 5.74) is 0. The van der Waals surface area contributed by atoms with Gasteiger partial charge in [0.1, 0.15) is 0 Å². The fourth-order valence-corrected chi connectivity index (χ4v) is 2.29. The predicted molar refractivity (Wildman–Crippen MR) is 59.0 cm³/mol. The van der Waals surface area contributed by atoms with Gasteiger partial charge in [-0.2, -0.15) is 0 Å². The molecule has 84 valence electrons. The molecule has 2 heterocycles. The summed E-state index contributed by atoms with van der Waals surface area (Å²) in [5.74, 6) is 0. The van der Waals surface area contributed by atoms with Crippen LogP contribution in [0.4, 0.5) is 0 Å². The highest BCUT2D eigenvalue weighted by Crippen LogP contribution is 2.11. The van der Waals surface area contributed by atoms with E-state index in [9.17, 15) is 5.11 Å². The van der Waals surface area contributed by atoms with E-state index < -0.39 is 0 Å². The molecule has 0 radical (unpaired) electrons. The van der Waals surface area contributed by atoms with Crippen LogP contribution in [0.5, 0.6) is 0 Å². The van der Waals surface area contributed by atoms with Gasteiger partial charge in [-0.25, -0.2) is 0 Å². The van der Waals surface area contributed by atoms with E-state index in [0.717, 1.165) is 32.7 Å². The molecule has 0 amide bonds. The Balaban J connectivity index is 0.000000980. The lowest BCUT2D eigenvalue weighted by atomic mass is 10.1. The molecule has 2 saturated heterocycles. The minimum Gasteiger partial charge on any atom is -0.390 e. The Morgan fingerprint density at radius 2 is 2.14 bits per heavy atom. The van der Waals surface area contributed by atoms with E-state index in [1.54, 1.807) is 0 Å². The van der Waals surface area contributed by atoms with E-state index in [1.165, 1.54) is 0 Å². The van der Waals surface area contributed by atoms with Crippen LogP contribution in [0, 0.1) is 0 Å². The van der Waals surface area contributed by atoms with E-state index in [0.29, 0.717) is 12.1 Å². The summed E-state index contributed by atoms with van der Waals surface area (Å²) in [4.78, 5) is 2.39. The molecule has 0 spiro atoms. The van der Waals surface area contributed by atoms with Crippen molar-refractivity contribution < 1.29 is 5.11 Å². The largest absolute Gasteiger partial charge is 0.390 e. The zero-order valence-electron chi connectivity index (χ0n) is 8.57. The Hall–Kier alpha value is 0.130. The average Bonchev–Trinajstić information content (AvgIpc) is 2.51. The third kappa shape index (κ3) is 2.58. The standard InChI is InChI=1S/C9H19N3O.ClH/c1-7-6-12(3-2-11-7)8-4-10-5-9(8)13;/h7-11,13H,2-6H2,1H3;1H/t7?,8-,9-;/m1./s1. The van der Waals surface area contributed by atoms with Crippen molar-refractivity contribution in [3.8, 4) is 0 Å². The summed E-state index contributed by atoms with van der Waals surface area (Å²) in [6, 6.07) is 0.895. The van der Waals surface area contributed by atoms with Crippen LogP contribution in [0.15, 0.2) is 0 Å². The summed E-state index contributed by atoms with van der Waals surface area (Å²) < 4.78 is 0. The molecule has 0 aromatic carbocycles. The molecule has 2 aliphatic rings. The zero-order chi connectivity index (χ0) is 9.26. The van der Waals surface area contributed by atoms with Gasteiger partial charge >= 0.3 is 0 Å². The smallest absolute Gasteiger partial charge is 0.0831 e. The number of hydrogen-bond donors (Lipinski definition) is 3. The highest BCUT2D eigenvalue weighted by molar-refractivity contribution is 5.85. The summed E-state index contributed by atoms with van der Waals surface area (Å²) in [6.45, 7) is 7.05. The maximum Gasteiger partial charge on any atom is 0.0831 e. The quantitative estimate of drug-likeness (QED) is 0.534. The van der Waals surface area contributed by atoms with Crippen LogP contribution in [0.25, 0.3) is 0 Å². The number of hydrogen-bond acceptors (Lipinski definition) is 4. The van der Waals surface area contributed by atoms with Crippen molar-refractivity contribution in [1.82, 2.24) is 15.5 Å². The van der Waals surface area contributed by atoms with Crippen molar-refractivity contribution in [2.24, 2.45) is 0 Å². The van der Waals surface area contributed by atoms with Crippen molar-refractivity contribution in [3.63, 3.8) is 0 Å². The fourth-order valence-electron chi connectivity index (χ4n) is 2.29. The normalized spacial score (nSPS) is 39.4. The lowest BCUT2D eigenvalue weighted by Gasteiger charge is -2.37. The lowest BCUT2D eigenvalue weighted by molar-refractivity contribution is 0.0654. The van der Waals surface area contributed by atoms with Crippen LogP contribution < -0.4 is 10.6 Å². The summed E-state index contributed by atoms with van der Waals surface area (Å²) >= 11 is 0. The fraction of sp³-hybridized carbons (Fsp3) is 1.00. The molecule has 2 aliphatic heterocycles. The molecule has 1 unspecified atom stereocenters. The highest BCUT2D eigenvalue weighted by atomic mass is 35.5. The van der Waals surface area contributed by atoms with Gasteiger partial charge in [-0.05, 0) is 6.92 Å². The Morgan fingerprint density at radius 3 is 2.71 bits per heavy atom. The molecule has 0 aromatic rings. The van der Waals surface area contributed by atoms with Crippen molar-refractivity contribution >= 4 is 12.4 Å². The van der Waals surface area contributed by atoms with Crippen molar-refractivity contribution in [3.05, 3.63) is 0 Å². The SMILES string of the molecule is CC1CN([C@@H]2CNC[C@H]2O)CCN1.Cl. The molecule has 5 heteroatoms. The number of nitrogens with one attached hydrogen (secondary N) is 2. The van der Waals surface area contributed by atoms with E-state index in [4.69, 9.17) is 0 Å². The summed E-state index contributed by atoms with van der Waals surface area (Å²) in [5, 5.41) is 16.3. The Morgan fingerprint density at radius 1 is 1.36 bits per heavy atom. The molecule has 3 N–H and O–H groups in total. The number of rotatable bonds is 1. The molecule has 4 nitrogen and oxygen atoms in total. The predicted octanol–water partition coefficient (Wildman–Crippen LogP) is -0.965. The Bertz CT molecular complexity index is 181. The zero-order valence-corrected chi connectivity index (χ0v) is 9.39. The number of nitrogens with zero attached hydrogens (tertiary/aromatic N) is 1. The second kappa shape index (κ2) is 5.28. The number of aliphatic hydroxyl groups is 1. The van der Waals surface area contributed by atoms with Gasteiger partial charge in [0.05, 0.1) is 6.10 Å². The van der Waals surface area contributed by atoms with Gasteiger partial charge in [-0.3, -0.25) is 4.90 Å². The first-order valence-electron chi connectivity index (χ1n) is 5.13. The van der Waals surface area contributed by atoms with Crippen LogP contribution in [0.1, 0.15) is 6.92 Å². The van der Waals surface area contributed by atoms with Crippen LogP contribution in [-0.4, -0.2) is 60.9 Å². The van der Waals surface area contributed by atoms with Crippen LogP contribution >= 0.6 is 12.4 Å². The maximum absolute atomic E-state index is 9.70. The third-order valence-corrected chi connectivity index (χ3v) is 3.02. The number of halogens is 1. The molecule has 3 atom stereocenters. The van der Waals surface area contributed by atoms with Crippen LogP contribution in [-0.2, 0) is 0 Å². The van der Waals surface area contributed by atoms with Gasteiger partial charge in [0.2, 0.25) is 0 Å². The summed E-state index contributed by atoms with van der Waals surface area (Å²) in [6.07, 6.45) is -0.176. The molecular weight excluding hydrogens is 202 g/mol. The molecule has 0 saturated carbocycles. The number of β-amino-alcohol motifs (C(OH)–C–C–N with tert-alkyl or cyclic N) is 1. The molecule has 0 aromatic heterocycles. The third-order valence-electron chi connectivity index (χ3n) is 3.02. The average molecular weight is 222 g/mol. The number of aliphatic hydroxyl groups excluding tert-OH is 1. The molecule has 2 rings (SSSR count). The minimum atomic E-state index is -0.176. The number of piperazine rings is 1. The van der Waals surface area contributed by atoms with Crippen molar-refractivity contribution in [1.29, 1.82) is 0 Å². The first-order valence-corrected chi connectivity index (χ1v) is 5.13. The van der Waals surface area contributed by atoms with Crippen LogP contribution in [0.2, 0.25) is 0 Å². The van der Waals surface area contributed by atoms with Gasteiger partial charge in [0.25, 0.3) is 0 Å². The van der Waals surface area contributed by atoms with E-state index in [2.05, 4.69) is 22.5 Å². The van der Waals surface area contributed by atoms with Gasteiger partial charge in [0.15, 0.2) is 0 Å². The minimum absolute atomic E-state index is 0. The molecule has 14 heavy (non-hydrogen) atoms. The van der Waals surface area contributed by atoms with Gasteiger partial charge < -0.3 is 15.7 Å². The monoisotopic (exact) mass is 221 g/mol. The topological polar surface area (TPSA) is 47.5 Å². The first-order chi connectivity index (χ1) is 6.27. The van der Waals surface area contributed by atoms with Crippen molar-refractivity contribution in [2.75, 3.05) is 32.7 Å². The maximum atomic E-state index is 9.70. The van der Waals surface area contributed by atoms with Crippen LogP contribution in [0.3, 0.4) is 0 Å². The molecule has 0 aliphatic carbocycles. The highest BCUT2D eigenvalue weighted by Gasteiger charge is 2.32. The lowest BCUT2D eigenvalue weighted by Crippen LogP contribution is -2.55.